The number of carboxylic acid groups (broad SMARTS) is 1. The van der Waals surface area contributed by atoms with Crippen LogP contribution < -0.4 is 5.32 Å². The van der Waals surface area contributed by atoms with Crippen LogP contribution in [0.1, 0.15) is 28.8 Å². The molecule has 0 spiro atoms. The minimum absolute atomic E-state index is 0.311. The molecule has 1 aromatic rings. The number of benzene rings is 1. The van der Waals surface area contributed by atoms with Gasteiger partial charge < -0.3 is 10.4 Å². The maximum absolute atomic E-state index is 10.8. The van der Waals surface area contributed by atoms with Gasteiger partial charge in [-0.3, -0.25) is 0 Å². The number of hydrogen-bond donors (Lipinski definition) is 2. The number of nitrogens with one attached hydrogen (secondary N) is 1. The largest absolute Gasteiger partial charge is 0.478 e. The summed E-state index contributed by atoms with van der Waals surface area (Å²) < 4.78 is 0.846. The van der Waals surface area contributed by atoms with Gasteiger partial charge in [-0.25, -0.2) is 4.79 Å². The number of carboxylic acids is 1. The van der Waals surface area contributed by atoms with Crippen LogP contribution in [0.2, 0.25) is 0 Å². The van der Waals surface area contributed by atoms with Gasteiger partial charge in [0.1, 0.15) is 0 Å². The molecule has 0 aliphatic carbocycles. The highest BCUT2D eigenvalue weighted by Crippen LogP contribution is 2.18. The molecule has 0 amide bonds. The second-order valence-electron chi connectivity index (χ2n) is 3.99. The van der Waals surface area contributed by atoms with Gasteiger partial charge in [-0.2, -0.15) is 11.8 Å². The van der Waals surface area contributed by atoms with Crippen molar-refractivity contribution in [3.05, 3.63) is 33.8 Å². The molecule has 0 bridgehead atoms. The smallest absolute Gasteiger partial charge is 0.335 e. The van der Waals surface area contributed by atoms with E-state index in [4.69, 9.17) is 5.11 Å². The van der Waals surface area contributed by atoms with Crippen molar-refractivity contribution in [2.24, 2.45) is 0 Å². The van der Waals surface area contributed by atoms with Crippen LogP contribution >= 0.6 is 27.7 Å². The van der Waals surface area contributed by atoms with Crippen molar-refractivity contribution in [3.8, 4) is 0 Å². The summed E-state index contributed by atoms with van der Waals surface area (Å²) >= 11 is 5.27. The minimum atomic E-state index is -0.896. The van der Waals surface area contributed by atoms with Gasteiger partial charge >= 0.3 is 5.97 Å². The Bertz CT molecular complexity index is 399. The lowest BCUT2D eigenvalue weighted by atomic mass is 10.1. The SMILES string of the molecule is CSCCCCNCc1ccc(C(=O)O)cc1Br. The predicted molar refractivity (Wildman–Crippen MR) is 80.4 cm³/mol. The van der Waals surface area contributed by atoms with Crippen LogP contribution in [-0.4, -0.2) is 29.6 Å². The van der Waals surface area contributed by atoms with E-state index in [0.717, 1.165) is 23.1 Å². The van der Waals surface area contributed by atoms with E-state index < -0.39 is 5.97 Å². The zero-order valence-electron chi connectivity index (χ0n) is 10.4. The molecular formula is C13H18BrNO2S. The summed E-state index contributed by atoms with van der Waals surface area (Å²) in [5.74, 6) is 0.311. The Kier molecular flexibility index (Phi) is 7.39. The van der Waals surface area contributed by atoms with Crippen LogP contribution in [0, 0.1) is 0 Å². The van der Waals surface area contributed by atoms with Crippen molar-refractivity contribution in [2.45, 2.75) is 19.4 Å². The highest BCUT2D eigenvalue weighted by molar-refractivity contribution is 9.10. The van der Waals surface area contributed by atoms with Gasteiger partial charge in [0.05, 0.1) is 5.56 Å². The fraction of sp³-hybridized carbons (Fsp3) is 0.462. The lowest BCUT2D eigenvalue weighted by molar-refractivity contribution is 0.0697. The summed E-state index contributed by atoms with van der Waals surface area (Å²) in [5, 5.41) is 12.2. The molecule has 1 aromatic carbocycles. The Morgan fingerprint density at radius 2 is 2.22 bits per heavy atom. The van der Waals surface area contributed by atoms with Crippen LogP contribution in [0.5, 0.6) is 0 Å². The van der Waals surface area contributed by atoms with Crippen molar-refractivity contribution in [2.75, 3.05) is 18.6 Å². The van der Waals surface area contributed by atoms with E-state index in [1.807, 2.05) is 17.8 Å². The van der Waals surface area contributed by atoms with Crippen molar-refractivity contribution in [1.82, 2.24) is 5.32 Å². The molecule has 3 nitrogen and oxygen atoms in total. The number of rotatable bonds is 8. The molecule has 0 aliphatic heterocycles. The molecule has 2 N–H and O–H groups in total. The lowest BCUT2D eigenvalue weighted by Crippen LogP contribution is -2.15. The van der Waals surface area contributed by atoms with Gasteiger partial charge in [0.15, 0.2) is 0 Å². The molecule has 0 heterocycles. The first-order chi connectivity index (χ1) is 8.65. The normalized spacial score (nSPS) is 10.6. The quantitative estimate of drug-likeness (QED) is 0.717. The molecule has 0 radical (unpaired) electrons. The fourth-order valence-electron chi connectivity index (χ4n) is 1.54. The van der Waals surface area contributed by atoms with Gasteiger partial charge in [-0.1, -0.05) is 22.0 Å². The summed E-state index contributed by atoms with van der Waals surface area (Å²) in [6.07, 6.45) is 4.52. The lowest BCUT2D eigenvalue weighted by Gasteiger charge is -2.07. The second kappa shape index (κ2) is 8.56. The maximum atomic E-state index is 10.8. The highest BCUT2D eigenvalue weighted by atomic mass is 79.9. The molecule has 0 saturated heterocycles. The average Bonchev–Trinajstić information content (AvgIpc) is 2.35. The Morgan fingerprint density at radius 3 is 2.83 bits per heavy atom. The van der Waals surface area contributed by atoms with Crippen LogP contribution in [0.4, 0.5) is 0 Å². The van der Waals surface area contributed by atoms with Gasteiger partial charge in [0.25, 0.3) is 0 Å². The molecule has 0 unspecified atom stereocenters. The number of carbonyl (C=O) groups is 1. The molecule has 18 heavy (non-hydrogen) atoms. The van der Waals surface area contributed by atoms with E-state index in [1.54, 1.807) is 12.1 Å². The third-order valence-corrected chi connectivity index (χ3v) is 4.00. The number of halogens is 1. The summed E-state index contributed by atoms with van der Waals surface area (Å²) in [6.45, 7) is 1.76. The van der Waals surface area contributed by atoms with Crippen molar-refractivity contribution < 1.29 is 9.90 Å². The molecular weight excluding hydrogens is 314 g/mol. The summed E-state index contributed by atoms with van der Waals surface area (Å²) in [5.41, 5.74) is 1.40. The van der Waals surface area contributed by atoms with Crippen molar-refractivity contribution >= 4 is 33.7 Å². The molecule has 1 rings (SSSR count). The first kappa shape index (κ1) is 15.5. The first-order valence-electron chi connectivity index (χ1n) is 5.86. The zero-order valence-corrected chi connectivity index (χ0v) is 12.8. The highest BCUT2D eigenvalue weighted by Gasteiger charge is 2.06. The zero-order chi connectivity index (χ0) is 13.4. The Hall–Kier alpha value is -0.520. The molecule has 0 fully saturated rings. The van der Waals surface area contributed by atoms with Crippen LogP contribution in [-0.2, 0) is 6.54 Å². The molecule has 5 heteroatoms. The van der Waals surface area contributed by atoms with Gasteiger partial charge in [-0.15, -0.1) is 0 Å². The molecule has 100 valence electrons. The molecule has 0 saturated carbocycles. The monoisotopic (exact) mass is 331 g/mol. The van der Waals surface area contributed by atoms with Crippen molar-refractivity contribution in [1.29, 1.82) is 0 Å². The molecule has 0 aromatic heterocycles. The van der Waals surface area contributed by atoms with Gasteiger partial charge in [-0.05, 0) is 49.1 Å². The summed E-state index contributed by atoms with van der Waals surface area (Å²) in [7, 11) is 0. The van der Waals surface area contributed by atoms with E-state index in [9.17, 15) is 4.79 Å². The third-order valence-electron chi connectivity index (χ3n) is 2.57. The number of thioether (sulfide) groups is 1. The van der Waals surface area contributed by atoms with Gasteiger partial charge in [0, 0.05) is 11.0 Å². The van der Waals surface area contributed by atoms with E-state index in [2.05, 4.69) is 27.5 Å². The Labute approximate surface area is 120 Å². The van der Waals surface area contributed by atoms with Gasteiger partial charge in [0.2, 0.25) is 0 Å². The number of aromatic carboxylic acids is 1. The van der Waals surface area contributed by atoms with Crippen LogP contribution in [0.15, 0.2) is 22.7 Å². The second-order valence-corrected chi connectivity index (χ2v) is 5.83. The van der Waals surface area contributed by atoms with Crippen LogP contribution in [0.25, 0.3) is 0 Å². The van der Waals surface area contributed by atoms with E-state index in [-0.39, 0.29) is 0 Å². The van der Waals surface area contributed by atoms with Crippen molar-refractivity contribution in [3.63, 3.8) is 0 Å². The third kappa shape index (κ3) is 5.42. The standard InChI is InChI=1S/C13H18BrNO2S/c1-18-7-3-2-6-15-9-11-5-4-10(13(16)17)8-12(11)14/h4-5,8,15H,2-3,6-7,9H2,1H3,(H,16,17). The first-order valence-corrected chi connectivity index (χ1v) is 8.05. The van der Waals surface area contributed by atoms with E-state index in [1.165, 1.54) is 18.6 Å². The topological polar surface area (TPSA) is 49.3 Å². The maximum Gasteiger partial charge on any atom is 0.335 e. The molecule has 0 aliphatic rings. The van der Waals surface area contributed by atoms with Crippen LogP contribution in [0.3, 0.4) is 0 Å². The minimum Gasteiger partial charge on any atom is -0.478 e. The fourth-order valence-corrected chi connectivity index (χ4v) is 2.55. The number of unbranched alkanes of at least 4 members (excludes halogenated alkanes) is 1. The van der Waals surface area contributed by atoms with E-state index in [0.29, 0.717) is 5.56 Å². The average molecular weight is 332 g/mol. The summed E-state index contributed by atoms with van der Waals surface area (Å²) in [4.78, 5) is 10.8. The number of hydrogen-bond acceptors (Lipinski definition) is 3. The summed E-state index contributed by atoms with van der Waals surface area (Å²) in [6, 6.07) is 5.13. The molecule has 0 atom stereocenters. The Balaban J connectivity index is 2.36. The Morgan fingerprint density at radius 1 is 1.44 bits per heavy atom. The predicted octanol–water partition coefficient (Wildman–Crippen LogP) is 3.38. The van der Waals surface area contributed by atoms with E-state index >= 15 is 0 Å².